The van der Waals surface area contributed by atoms with Crippen LogP contribution in [-0.4, -0.2) is 41.1 Å². The molecule has 0 bridgehead atoms. The number of piperazine rings is 1. The number of carbonyl (C=O) groups excluding carboxylic acids is 1. The second-order valence-corrected chi connectivity index (χ2v) is 9.60. The summed E-state index contributed by atoms with van der Waals surface area (Å²) in [5.74, 6) is 0.0214. The van der Waals surface area contributed by atoms with Crippen molar-refractivity contribution in [1.29, 1.82) is 0 Å². The Labute approximate surface area is 191 Å². The maximum Gasteiger partial charge on any atom is 0.264 e. The van der Waals surface area contributed by atoms with Crippen LogP contribution in [0.4, 0.5) is 5.69 Å². The number of anilines is 1. The summed E-state index contributed by atoms with van der Waals surface area (Å²) in [7, 11) is 0. The summed E-state index contributed by atoms with van der Waals surface area (Å²) in [4.78, 5) is 31.5. The van der Waals surface area contributed by atoms with Crippen molar-refractivity contribution < 1.29 is 4.79 Å². The van der Waals surface area contributed by atoms with Crippen LogP contribution in [0.15, 0.2) is 59.4 Å². The van der Waals surface area contributed by atoms with Crippen molar-refractivity contribution in [3.05, 3.63) is 75.4 Å². The molecule has 5 nitrogen and oxygen atoms in total. The van der Waals surface area contributed by atoms with Gasteiger partial charge in [-0.15, -0.1) is 11.3 Å². The highest BCUT2D eigenvalue weighted by Gasteiger charge is 2.29. The fraction of sp³-hybridized carbons (Fsp3) is 0.308. The second-order valence-electron chi connectivity index (χ2n) is 8.55. The van der Waals surface area contributed by atoms with Crippen LogP contribution in [-0.2, 0) is 6.54 Å². The number of para-hydroxylation sites is 1. The molecule has 1 amide bonds. The van der Waals surface area contributed by atoms with E-state index in [9.17, 15) is 9.59 Å². The van der Waals surface area contributed by atoms with E-state index in [-0.39, 0.29) is 17.5 Å². The van der Waals surface area contributed by atoms with E-state index in [1.165, 1.54) is 22.6 Å². The number of aromatic nitrogens is 1. The minimum absolute atomic E-state index is 0.0194. The molecule has 0 spiro atoms. The number of carbonyl (C=O) groups is 1. The summed E-state index contributed by atoms with van der Waals surface area (Å²) in [6.07, 6.45) is 0. The molecule has 2 aromatic heterocycles. The summed E-state index contributed by atoms with van der Waals surface area (Å²) >= 11 is 1.44. The third kappa shape index (κ3) is 3.39. The quantitative estimate of drug-likeness (QED) is 0.451. The Morgan fingerprint density at radius 2 is 1.81 bits per heavy atom. The highest BCUT2D eigenvalue weighted by atomic mass is 32.1. The van der Waals surface area contributed by atoms with Gasteiger partial charge in [-0.3, -0.25) is 9.59 Å². The van der Waals surface area contributed by atoms with Gasteiger partial charge in [0.25, 0.3) is 11.5 Å². The number of amides is 1. The minimum Gasteiger partial charge on any atom is -0.365 e. The lowest BCUT2D eigenvalue weighted by atomic mass is 10.1. The van der Waals surface area contributed by atoms with Crippen LogP contribution in [0, 0.1) is 6.92 Å². The zero-order valence-electron chi connectivity index (χ0n) is 18.7. The molecule has 0 N–H and O–H groups in total. The lowest BCUT2D eigenvalue weighted by Gasteiger charge is -2.41. The molecule has 1 aliphatic heterocycles. The monoisotopic (exact) mass is 445 g/mol. The predicted molar refractivity (Wildman–Crippen MR) is 133 cm³/mol. The number of pyridine rings is 1. The van der Waals surface area contributed by atoms with E-state index < -0.39 is 0 Å². The van der Waals surface area contributed by atoms with E-state index in [0.29, 0.717) is 29.9 Å². The van der Waals surface area contributed by atoms with Crippen LogP contribution in [0.5, 0.6) is 0 Å². The minimum atomic E-state index is -0.0194. The Morgan fingerprint density at radius 3 is 2.53 bits per heavy atom. The van der Waals surface area contributed by atoms with Gasteiger partial charge in [-0.2, -0.15) is 0 Å². The third-order valence-electron chi connectivity index (χ3n) is 6.45. The molecule has 3 heterocycles. The Hall–Kier alpha value is -3.12. The molecule has 164 valence electrons. The van der Waals surface area contributed by atoms with E-state index in [4.69, 9.17) is 0 Å². The smallest absolute Gasteiger partial charge is 0.264 e. The first-order chi connectivity index (χ1) is 15.5. The SMILES string of the molecule is CCn1c(=O)c2cc(C(=O)N3CCN(c4ccc(C)cc4)C(C)C3)sc2c2ccccc21. The Bertz CT molecular complexity index is 1370. The van der Waals surface area contributed by atoms with E-state index in [1.54, 1.807) is 10.6 Å². The standard InChI is InChI=1S/C26H27N3O2S/c1-4-28-22-8-6-5-7-20(22)24-21(25(28)30)15-23(32-24)26(31)27-13-14-29(18(3)16-27)19-11-9-17(2)10-12-19/h5-12,15,18H,4,13-14,16H2,1-3H3. The molecule has 1 atom stereocenters. The van der Waals surface area contributed by atoms with Crippen molar-refractivity contribution in [2.45, 2.75) is 33.4 Å². The van der Waals surface area contributed by atoms with Crippen molar-refractivity contribution in [3.63, 3.8) is 0 Å². The molecule has 32 heavy (non-hydrogen) atoms. The molecule has 1 aliphatic rings. The molecular weight excluding hydrogens is 418 g/mol. The summed E-state index contributed by atoms with van der Waals surface area (Å²) in [6, 6.07) is 18.5. The number of nitrogens with zero attached hydrogens (tertiary/aromatic N) is 3. The fourth-order valence-electron chi connectivity index (χ4n) is 4.74. The van der Waals surface area contributed by atoms with Gasteiger partial charge in [0.1, 0.15) is 0 Å². The molecule has 0 aliphatic carbocycles. The molecular formula is C26H27N3O2S. The van der Waals surface area contributed by atoms with Crippen molar-refractivity contribution in [3.8, 4) is 0 Å². The van der Waals surface area contributed by atoms with E-state index in [0.717, 1.165) is 22.1 Å². The zero-order valence-corrected chi connectivity index (χ0v) is 19.5. The van der Waals surface area contributed by atoms with Crippen LogP contribution < -0.4 is 10.5 Å². The van der Waals surface area contributed by atoms with Gasteiger partial charge < -0.3 is 14.4 Å². The average molecular weight is 446 g/mol. The molecule has 4 aromatic rings. The first-order valence-corrected chi connectivity index (χ1v) is 12.0. The van der Waals surface area contributed by atoms with Crippen LogP contribution in [0.3, 0.4) is 0 Å². The topological polar surface area (TPSA) is 45.6 Å². The van der Waals surface area contributed by atoms with Gasteiger partial charge in [-0.05, 0) is 45.0 Å². The molecule has 0 radical (unpaired) electrons. The summed E-state index contributed by atoms with van der Waals surface area (Å²) in [5.41, 5.74) is 3.35. The number of thiophene rings is 1. The van der Waals surface area contributed by atoms with Gasteiger partial charge in [-0.25, -0.2) is 0 Å². The number of fused-ring (bicyclic) bond motifs is 3. The Kier molecular flexibility index (Phi) is 5.25. The molecule has 5 rings (SSSR count). The van der Waals surface area contributed by atoms with Gasteiger partial charge in [0.05, 0.1) is 15.8 Å². The maximum absolute atomic E-state index is 13.4. The highest BCUT2D eigenvalue weighted by molar-refractivity contribution is 7.21. The molecule has 2 aromatic carbocycles. The van der Waals surface area contributed by atoms with Crippen molar-refractivity contribution in [2.24, 2.45) is 0 Å². The number of hydrogen-bond acceptors (Lipinski definition) is 4. The first-order valence-electron chi connectivity index (χ1n) is 11.2. The summed E-state index contributed by atoms with van der Waals surface area (Å²) in [5, 5.41) is 1.68. The molecule has 1 saturated heterocycles. The van der Waals surface area contributed by atoms with Gasteiger partial charge in [0, 0.05) is 48.0 Å². The van der Waals surface area contributed by atoms with E-state index in [1.807, 2.05) is 36.1 Å². The lowest BCUT2D eigenvalue weighted by Crippen LogP contribution is -2.53. The summed E-state index contributed by atoms with van der Waals surface area (Å²) < 4.78 is 2.70. The number of hydrogen-bond donors (Lipinski definition) is 0. The van der Waals surface area contributed by atoms with Gasteiger partial charge >= 0.3 is 0 Å². The van der Waals surface area contributed by atoms with Crippen molar-refractivity contribution in [2.75, 3.05) is 24.5 Å². The van der Waals surface area contributed by atoms with Gasteiger partial charge in [0.15, 0.2) is 0 Å². The predicted octanol–water partition coefficient (Wildman–Crippen LogP) is 4.90. The number of aryl methyl sites for hydroxylation is 2. The average Bonchev–Trinajstić information content (AvgIpc) is 3.26. The lowest BCUT2D eigenvalue weighted by molar-refractivity contribution is 0.0731. The molecule has 1 unspecified atom stereocenters. The second kappa shape index (κ2) is 8.10. The fourth-order valence-corrected chi connectivity index (χ4v) is 5.89. The normalized spacial score (nSPS) is 16.8. The number of benzene rings is 2. The highest BCUT2D eigenvalue weighted by Crippen LogP contribution is 2.32. The molecule has 6 heteroatoms. The Morgan fingerprint density at radius 1 is 1.06 bits per heavy atom. The van der Waals surface area contributed by atoms with Crippen molar-refractivity contribution in [1.82, 2.24) is 9.47 Å². The van der Waals surface area contributed by atoms with Crippen LogP contribution in [0.2, 0.25) is 0 Å². The molecule has 0 saturated carbocycles. The van der Waals surface area contributed by atoms with Gasteiger partial charge in [-0.1, -0.05) is 35.9 Å². The first kappa shape index (κ1) is 20.8. The van der Waals surface area contributed by atoms with E-state index >= 15 is 0 Å². The largest absolute Gasteiger partial charge is 0.365 e. The molecule has 1 fully saturated rings. The van der Waals surface area contributed by atoms with Crippen LogP contribution >= 0.6 is 11.3 Å². The van der Waals surface area contributed by atoms with Crippen LogP contribution in [0.1, 0.15) is 29.1 Å². The van der Waals surface area contributed by atoms with Crippen molar-refractivity contribution >= 4 is 43.9 Å². The maximum atomic E-state index is 13.4. The number of rotatable bonds is 3. The Balaban J connectivity index is 1.45. The zero-order chi connectivity index (χ0) is 22.4. The van der Waals surface area contributed by atoms with Crippen LogP contribution in [0.25, 0.3) is 21.0 Å². The third-order valence-corrected chi connectivity index (χ3v) is 7.61. The summed E-state index contributed by atoms with van der Waals surface area (Å²) in [6.45, 7) is 8.98. The van der Waals surface area contributed by atoms with E-state index in [2.05, 4.69) is 43.0 Å². The van der Waals surface area contributed by atoms with Gasteiger partial charge in [0.2, 0.25) is 0 Å².